The van der Waals surface area contributed by atoms with E-state index in [0.29, 0.717) is 0 Å². The van der Waals surface area contributed by atoms with Crippen LogP contribution in [-0.4, -0.2) is 21.6 Å². The van der Waals surface area contributed by atoms with Gasteiger partial charge in [0.2, 0.25) is 5.91 Å². The number of rotatable bonds is 2. The second-order valence-electron chi connectivity index (χ2n) is 5.34. The van der Waals surface area contributed by atoms with Crippen molar-refractivity contribution in [3.8, 4) is 0 Å². The summed E-state index contributed by atoms with van der Waals surface area (Å²) < 4.78 is 0. The van der Waals surface area contributed by atoms with Gasteiger partial charge >= 0.3 is 0 Å². The molecule has 100 valence electrons. The van der Waals surface area contributed by atoms with Crippen LogP contribution in [0.4, 0.5) is 5.69 Å². The highest BCUT2D eigenvalue weighted by atomic mass is 16.2. The molecule has 3 rings (SSSR count). The molecule has 0 spiro atoms. The van der Waals surface area contributed by atoms with Gasteiger partial charge in [-0.05, 0) is 31.0 Å². The highest BCUT2D eigenvalue weighted by Gasteiger charge is 2.35. The molecular weight excluding hydrogens is 240 g/mol. The summed E-state index contributed by atoms with van der Waals surface area (Å²) in [7, 11) is 0. The van der Waals surface area contributed by atoms with Crippen LogP contribution in [0.5, 0.6) is 0 Å². The number of aromatic nitrogens is 2. The summed E-state index contributed by atoms with van der Waals surface area (Å²) in [5.41, 5.74) is 7.24. The number of carbonyl (C=O) groups is 1. The molecule has 4 N–H and O–H groups in total. The molecule has 1 heterocycles. The van der Waals surface area contributed by atoms with Crippen molar-refractivity contribution in [2.45, 2.75) is 37.6 Å². The van der Waals surface area contributed by atoms with Gasteiger partial charge in [0.1, 0.15) is 0 Å². The number of benzene rings is 1. The number of H-pyrrole nitrogens is 1. The number of carbonyl (C=O) groups excluding carboxylic acids is 1. The molecule has 1 amide bonds. The van der Waals surface area contributed by atoms with Gasteiger partial charge in [0.05, 0.1) is 17.3 Å². The Hall–Kier alpha value is -1.88. The summed E-state index contributed by atoms with van der Waals surface area (Å²) in [6, 6.07) is 5.68. The van der Waals surface area contributed by atoms with E-state index in [0.717, 1.165) is 42.3 Å². The van der Waals surface area contributed by atoms with Gasteiger partial charge in [-0.1, -0.05) is 19.3 Å². The van der Waals surface area contributed by atoms with Gasteiger partial charge in [0, 0.05) is 11.1 Å². The maximum absolute atomic E-state index is 12.3. The first-order chi connectivity index (χ1) is 9.17. The molecule has 0 saturated heterocycles. The van der Waals surface area contributed by atoms with Crippen LogP contribution >= 0.6 is 0 Å². The summed E-state index contributed by atoms with van der Waals surface area (Å²) >= 11 is 0. The number of fused-ring (bicyclic) bond motifs is 1. The number of nitrogens with zero attached hydrogens (tertiary/aromatic N) is 1. The lowest BCUT2D eigenvalue weighted by Crippen LogP contribution is -2.52. The lowest BCUT2D eigenvalue weighted by atomic mass is 9.82. The van der Waals surface area contributed by atoms with Gasteiger partial charge < -0.3 is 11.1 Å². The van der Waals surface area contributed by atoms with Crippen LogP contribution in [0.25, 0.3) is 10.9 Å². The average molecular weight is 258 g/mol. The number of nitrogens with one attached hydrogen (secondary N) is 2. The number of hydrogen-bond acceptors (Lipinski definition) is 3. The predicted octanol–water partition coefficient (Wildman–Crippen LogP) is 2.16. The van der Waals surface area contributed by atoms with Crippen LogP contribution < -0.4 is 11.1 Å². The predicted molar refractivity (Wildman–Crippen MR) is 74.7 cm³/mol. The van der Waals surface area contributed by atoms with Crippen molar-refractivity contribution >= 4 is 22.5 Å². The summed E-state index contributed by atoms with van der Waals surface area (Å²) in [6.07, 6.45) is 6.52. The van der Waals surface area contributed by atoms with Crippen LogP contribution in [0.1, 0.15) is 32.1 Å². The minimum absolute atomic E-state index is 0.0740. The Morgan fingerprint density at radius 1 is 1.32 bits per heavy atom. The number of hydrogen-bond donors (Lipinski definition) is 3. The van der Waals surface area contributed by atoms with Crippen molar-refractivity contribution in [3.05, 3.63) is 24.4 Å². The highest BCUT2D eigenvalue weighted by Crippen LogP contribution is 2.27. The summed E-state index contributed by atoms with van der Waals surface area (Å²) in [6.45, 7) is 0. The number of aromatic amines is 1. The van der Waals surface area contributed by atoms with Gasteiger partial charge in [-0.3, -0.25) is 9.89 Å². The Kier molecular flexibility index (Phi) is 2.98. The molecule has 0 atom stereocenters. The van der Waals surface area contributed by atoms with E-state index in [4.69, 9.17) is 5.73 Å². The molecule has 0 bridgehead atoms. The Morgan fingerprint density at radius 3 is 2.89 bits per heavy atom. The van der Waals surface area contributed by atoms with Gasteiger partial charge in [-0.2, -0.15) is 5.10 Å². The highest BCUT2D eigenvalue weighted by molar-refractivity contribution is 5.99. The van der Waals surface area contributed by atoms with Crippen LogP contribution in [0.15, 0.2) is 24.4 Å². The Bertz CT molecular complexity index is 598. The van der Waals surface area contributed by atoms with Crippen molar-refractivity contribution < 1.29 is 4.79 Å². The largest absolute Gasteiger partial charge is 0.324 e. The molecule has 1 aliphatic rings. The smallest absolute Gasteiger partial charge is 0.244 e. The first-order valence-electron chi connectivity index (χ1n) is 6.71. The fourth-order valence-corrected chi connectivity index (χ4v) is 2.69. The average Bonchev–Trinajstić information content (AvgIpc) is 2.87. The molecule has 1 saturated carbocycles. The SMILES string of the molecule is NC1(C(=O)Nc2ccc3[nH]ncc3c2)CCCCC1. The first-order valence-corrected chi connectivity index (χ1v) is 6.71. The third kappa shape index (κ3) is 2.33. The van der Waals surface area contributed by atoms with Crippen LogP contribution in [0.3, 0.4) is 0 Å². The lowest BCUT2D eigenvalue weighted by molar-refractivity contribution is -0.122. The number of nitrogens with two attached hydrogens (primary N) is 1. The normalized spacial score (nSPS) is 18.4. The van der Waals surface area contributed by atoms with Crippen LogP contribution in [-0.2, 0) is 4.79 Å². The third-order valence-electron chi connectivity index (χ3n) is 3.90. The number of anilines is 1. The standard InChI is InChI=1S/C14H18N4O/c15-14(6-2-1-3-7-14)13(19)17-11-4-5-12-10(8-11)9-16-18-12/h4-5,8-9H,1-3,6-7,15H2,(H,16,18)(H,17,19). The van der Waals surface area contributed by atoms with Crippen LogP contribution in [0.2, 0.25) is 0 Å². The molecule has 5 heteroatoms. The number of amides is 1. The molecule has 1 aromatic heterocycles. The Labute approximate surface area is 111 Å². The summed E-state index contributed by atoms with van der Waals surface area (Å²) in [4.78, 5) is 12.3. The zero-order valence-corrected chi connectivity index (χ0v) is 10.8. The van der Waals surface area contributed by atoms with Crippen LogP contribution in [0, 0.1) is 0 Å². The van der Waals surface area contributed by atoms with Crippen molar-refractivity contribution in [2.24, 2.45) is 5.73 Å². The molecular formula is C14H18N4O. The third-order valence-corrected chi connectivity index (χ3v) is 3.90. The molecule has 2 aromatic rings. The van der Waals surface area contributed by atoms with E-state index in [9.17, 15) is 4.79 Å². The Balaban J connectivity index is 1.78. The minimum Gasteiger partial charge on any atom is -0.324 e. The van der Waals surface area contributed by atoms with E-state index < -0.39 is 5.54 Å². The summed E-state index contributed by atoms with van der Waals surface area (Å²) in [5, 5.41) is 10.8. The minimum atomic E-state index is -0.705. The fourth-order valence-electron chi connectivity index (χ4n) is 2.69. The van der Waals surface area contributed by atoms with Crippen molar-refractivity contribution in [1.29, 1.82) is 0 Å². The summed E-state index contributed by atoms with van der Waals surface area (Å²) in [5.74, 6) is -0.0740. The van der Waals surface area contributed by atoms with E-state index in [2.05, 4.69) is 15.5 Å². The van der Waals surface area contributed by atoms with Gasteiger partial charge in [0.15, 0.2) is 0 Å². The van der Waals surface area contributed by atoms with E-state index in [1.54, 1.807) is 6.20 Å². The first kappa shape index (κ1) is 12.2. The molecule has 0 aliphatic heterocycles. The molecule has 1 aliphatic carbocycles. The van der Waals surface area contributed by atoms with Crippen molar-refractivity contribution in [3.63, 3.8) is 0 Å². The maximum atomic E-state index is 12.3. The monoisotopic (exact) mass is 258 g/mol. The van der Waals surface area contributed by atoms with E-state index in [1.807, 2.05) is 18.2 Å². The quantitative estimate of drug-likeness (QED) is 0.771. The molecule has 1 fully saturated rings. The lowest BCUT2D eigenvalue weighted by Gasteiger charge is -2.31. The zero-order chi connectivity index (χ0) is 13.3. The van der Waals surface area contributed by atoms with E-state index in [1.165, 1.54) is 6.42 Å². The Morgan fingerprint density at radius 2 is 2.11 bits per heavy atom. The van der Waals surface area contributed by atoms with Gasteiger partial charge in [0.25, 0.3) is 0 Å². The van der Waals surface area contributed by atoms with Crippen molar-refractivity contribution in [2.75, 3.05) is 5.32 Å². The second-order valence-corrected chi connectivity index (χ2v) is 5.34. The maximum Gasteiger partial charge on any atom is 0.244 e. The van der Waals surface area contributed by atoms with E-state index >= 15 is 0 Å². The molecule has 1 aromatic carbocycles. The van der Waals surface area contributed by atoms with E-state index in [-0.39, 0.29) is 5.91 Å². The molecule has 0 radical (unpaired) electrons. The topological polar surface area (TPSA) is 83.8 Å². The molecule has 5 nitrogen and oxygen atoms in total. The fraction of sp³-hybridized carbons (Fsp3) is 0.429. The van der Waals surface area contributed by atoms with Gasteiger partial charge in [-0.25, -0.2) is 0 Å². The second kappa shape index (κ2) is 4.66. The van der Waals surface area contributed by atoms with Crippen molar-refractivity contribution in [1.82, 2.24) is 10.2 Å². The van der Waals surface area contributed by atoms with Gasteiger partial charge in [-0.15, -0.1) is 0 Å². The molecule has 19 heavy (non-hydrogen) atoms. The zero-order valence-electron chi connectivity index (χ0n) is 10.8. The molecule has 0 unspecified atom stereocenters.